The standard InChI is InChI=1S/C50H48Cl2N8O10S/c1-59(47(67)19-28-4-15-38(51)39(52)18-28)40(27-60-16-2-3-17-60)29-5-7-30(8-6-29)57-46(66)26-55-44(64)24-53-43(63)23-54-45(65)25-56-50(71)58-31-9-12-34(37(20-31)49(68)69)48-35-13-10-32(61)21-41(35)70-42-22-33(62)11-14-36(42)48/h4-15,18,20-22,40,61H,2-3,16-17,19,23-27H2,1H3,(H,53,63)(H,54,65)(H,55,64)(H,57,66)(H,68,69)(H2,56,58,71). The minimum atomic E-state index is -1.26. The summed E-state index contributed by atoms with van der Waals surface area (Å²) in [5.41, 5.74) is 3.41. The number of likely N-dealkylation sites (tertiary alicyclic amines) is 1. The van der Waals surface area contributed by atoms with E-state index >= 15 is 0 Å². The number of aromatic carboxylic acids is 1. The number of anilines is 2. The second kappa shape index (κ2) is 23.4. The van der Waals surface area contributed by atoms with Crippen LogP contribution in [0.25, 0.3) is 33.4 Å². The number of fused-ring (bicyclic) bond motifs is 2. The highest BCUT2D eigenvalue weighted by molar-refractivity contribution is 7.80. The van der Waals surface area contributed by atoms with Crippen molar-refractivity contribution in [1.82, 2.24) is 31.1 Å². The molecule has 1 atom stereocenters. The van der Waals surface area contributed by atoms with Crippen LogP contribution in [0.3, 0.4) is 0 Å². The predicted molar refractivity (Wildman–Crippen MR) is 273 cm³/mol. The molecule has 1 unspecified atom stereocenters. The molecule has 4 aromatic rings. The Hall–Kier alpha value is -7.58. The maximum atomic E-state index is 13.5. The molecule has 18 nitrogen and oxygen atoms in total. The van der Waals surface area contributed by atoms with E-state index < -0.39 is 42.7 Å². The monoisotopic (exact) mass is 1020 g/mol. The van der Waals surface area contributed by atoms with E-state index in [-0.39, 0.29) is 70.3 Å². The van der Waals surface area contributed by atoms with Crippen LogP contribution in [0.2, 0.25) is 10.0 Å². The smallest absolute Gasteiger partial charge is 0.336 e. The topological polar surface area (TPSA) is 252 Å². The van der Waals surface area contributed by atoms with Crippen LogP contribution in [-0.4, -0.2) is 113 Å². The highest BCUT2D eigenvalue weighted by atomic mass is 35.5. The minimum Gasteiger partial charge on any atom is -0.508 e. The summed E-state index contributed by atoms with van der Waals surface area (Å²) in [6, 6.07) is 25.0. The summed E-state index contributed by atoms with van der Waals surface area (Å²) in [6.07, 6.45) is 2.32. The Labute approximate surface area is 422 Å². The van der Waals surface area contributed by atoms with E-state index in [2.05, 4.69) is 36.8 Å². The van der Waals surface area contributed by atoms with E-state index in [1.807, 2.05) is 12.1 Å². The van der Waals surface area contributed by atoms with Gasteiger partial charge in [0.2, 0.25) is 29.5 Å². The van der Waals surface area contributed by atoms with Crippen LogP contribution in [0, 0.1) is 0 Å². The highest BCUT2D eigenvalue weighted by Crippen LogP contribution is 2.42. The summed E-state index contributed by atoms with van der Waals surface area (Å²) < 4.78 is 5.88. The van der Waals surface area contributed by atoms with Crippen molar-refractivity contribution in [3.8, 4) is 28.2 Å². The minimum absolute atomic E-state index is 0.0323. The third-order valence-electron chi connectivity index (χ3n) is 11.6. The van der Waals surface area contributed by atoms with E-state index in [0.717, 1.165) is 37.1 Å². The molecule has 0 spiro atoms. The van der Waals surface area contributed by atoms with Gasteiger partial charge >= 0.3 is 5.97 Å². The van der Waals surface area contributed by atoms with Gasteiger partial charge in [-0.05, 0) is 116 Å². The molecular weight excluding hydrogens is 976 g/mol. The zero-order valence-corrected chi connectivity index (χ0v) is 40.4. The Morgan fingerprint density at radius 1 is 0.718 bits per heavy atom. The number of carbonyl (C=O) groups is 6. The van der Waals surface area contributed by atoms with Crippen molar-refractivity contribution in [2.24, 2.45) is 0 Å². The number of carboxylic acids is 1. The molecule has 1 saturated heterocycles. The number of likely N-dealkylation sites (N-methyl/N-ethyl adjacent to an activating group) is 1. The molecule has 2 aliphatic heterocycles. The molecule has 21 heteroatoms. The molecule has 3 aliphatic rings. The number of benzene rings is 5. The van der Waals surface area contributed by atoms with Crippen LogP contribution in [0.15, 0.2) is 106 Å². The van der Waals surface area contributed by atoms with Gasteiger partial charge in [-0.25, -0.2) is 4.79 Å². The molecule has 2 heterocycles. The van der Waals surface area contributed by atoms with Crippen LogP contribution in [-0.2, 0) is 30.4 Å². The lowest BCUT2D eigenvalue weighted by Crippen LogP contribution is -2.45. The Kier molecular flexibility index (Phi) is 16.9. The lowest BCUT2D eigenvalue weighted by atomic mass is 9.90. The number of carboxylic acid groups (broad SMARTS) is 1. The molecule has 368 valence electrons. The van der Waals surface area contributed by atoms with Gasteiger partial charge in [0.05, 0.1) is 54.3 Å². The average molecular weight is 1020 g/mol. The third-order valence-corrected chi connectivity index (χ3v) is 12.6. The number of phenols is 1. The molecule has 0 bridgehead atoms. The van der Waals surface area contributed by atoms with Crippen molar-refractivity contribution >= 4 is 98.4 Å². The second-order valence-electron chi connectivity index (χ2n) is 16.6. The average Bonchev–Trinajstić information content (AvgIpc) is 3.87. The lowest BCUT2D eigenvalue weighted by Gasteiger charge is -2.32. The molecular formula is C50H48Cl2N8O10S. The van der Waals surface area contributed by atoms with E-state index in [0.29, 0.717) is 44.4 Å². The van der Waals surface area contributed by atoms with Crippen LogP contribution in [0.5, 0.6) is 5.75 Å². The summed E-state index contributed by atoms with van der Waals surface area (Å²) >= 11 is 17.6. The fraction of sp³-hybridized carbons (Fsp3) is 0.240. The number of hydrogen-bond donors (Lipinski definition) is 8. The fourth-order valence-electron chi connectivity index (χ4n) is 8.00. The Bertz CT molecular complexity index is 3060. The van der Waals surface area contributed by atoms with Gasteiger partial charge in [-0.15, -0.1) is 0 Å². The van der Waals surface area contributed by atoms with Crippen molar-refractivity contribution in [3.05, 3.63) is 134 Å². The van der Waals surface area contributed by atoms with Gasteiger partial charge in [0, 0.05) is 53.6 Å². The van der Waals surface area contributed by atoms with Crippen molar-refractivity contribution in [2.45, 2.75) is 25.3 Å². The van der Waals surface area contributed by atoms with Crippen molar-refractivity contribution in [2.75, 3.05) is 63.5 Å². The maximum Gasteiger partial charge on any atom is 0.336 e. The van der Waals surface area contributed by atoms with E-state index in [1.54, 1.807) is 66.5 Å². The number of rotatable bonds is 18. The predicted octanol–water partition coefficient (Wildman–Crippen LogP) is 5.39. The van der Waals surface area contributed by atoms with Crippen molar-refractivity contribution in [1.29, 1.82) is 0 Å². The van der Waals surface area contributed by atoms with Crippen molar-refractivity contribution in [3.63, 3.8) is 0 Å². The molecule has 5 amide bonds. The zero-order valence-electron chi connectivity index (χ0n) is 38.1. The normalized spacial score (nSPS) is 12.7. The summed E-state index contributed by atoms with van der Waals surface area (Å²) in [7, 11) is 1.77. The first-order chi connectivity index (χ1) is 34.0. The molecule has 71 heavy (non-hydrogen) atoms. The summed E-state index contributed by atoms with van der Waals surface area (Å²) in [4.78, 5) is 92.3. The van der Waals surface area contributed by atoms with Gasteiger partial charge in [-0.3, -0.25) is 28.8 Å². The van der Waals surface area contributed by atoms with Crippen LogP contribution in [0.4, 0.5) is 11.4 Å². The first-order valence-corrected chi connectivity index (χ1v) is 23.4. The number of carbonyl (C=O) groups excluding carboxylic acids is 5. The first kappa shape index (κ1) is 51.3. The van der Waals surface area contributed by atoms with Crippen LogP contribution in [0.1, 0.15) is 40.4 Å². The number of nitrogens with zero attached hydrogens (tertiary/aromatic N) is 2. The molecule has 0 saturated carbocycles. The van der Waals surface area contributed by atoms with Crippen LogP contribution >= 0.6 is 35.4 Å². The van der Waals surface area contributed by atoms with Gasteiger partial charge in [0.1, 0.15) is 17.1 Å². The fourth-order valence-corrected chi connectivity index (χ4v) is 8.51. The summed E-state index contributed by atoms with van der Waals surface area (Å²) in [5.74, 6) is -3.70. The third kappa shape index (κ3) is 13.6. The number of thiocarbonyl (C=S) groups is 1. The molecule has 1 aliphatic carbocycles. The number of hydrogen-bond acceptors (Lipinski definition) is 11. The van der Waals surface area contributed by atoms with E-state index in [9.17, 15) is 43.8 Å². The van der Waals surface area contributed by atoms with Gasteiger partial charge in [-0.2, -0.15) is 0 Å². The number of halogens is 2. The molecule has 0 aromatic heterocycles. The van der Waals surface area contributed by atoms with E-state index in [1.165, 1.54) is 30.3 Å². The molecule has 8 N–H and O–H groups in total. The second-order valence-corrected chi connectivity index (χ2v) is 17.9. The van der Waals surface area contributed by atoms with Gasteiger partial charge < -0.3 is 56.3 Å². The van der Waals surface area contributed by atoms with Gasteiger partial charge in [0.15, 0.2) is 10.5 Å². The van der Waals surface area contributed by atoms with Gasteiger partial charge in [-0.1, -0.05) is 47.5 Å². The Morgan fingerprint density at radius 2 is 1.35 bits per heavy atom. The van der Waals surface area contributed by atoms with Gasteiger partial charge in [0.25, 0.3) is 0 Å². The summed E-state index contributed by atoms with van der Waals surface area (Å²) in [5, 5.41) is 37.0. The van der Waals surface area contributed by atoms with Crippen molar-refractivity contribution < 1.29 is 43.4 Å². The lowest BCUT2D eigenvalue weighted by molar-refractivity contribution is -0.131. The first-order valence-electron chi connectivity index (χ1n) is 22.3. The number of amides is 5. The number of phenolic OH excluding ortho intramolecular Hbond substituents is 1. The van der Waals surface area contributed by atoms with E-state index in [4.69, 9.17) is 39.8 Å². The number of aromatic hydroxyl groups is 1. The zero-order chi connectivity index (χ0) is 50.8. The quantitative estimate of drug-likeness (QED) is 0.0398. The molecule has 1 fully saturated rings. The highest BCUT2D eigenvalue weighted by Gasteiger charge is 2.27. The van der Waals surface area contributed by atoms with Crippen LogP contribution < -0.4 is 37.3 Å². The molecule has 7 rings (SSSR count). The Morgan fingerprint density at radius 3 is 2.01 bits per heavy atom. The summed E-state index contributed by atoms with van der Waals surface area (Å²) in [6.45, 7) is 0.829. The molecule has 0 radical (unpaired) electrons. The SMILES string of the molecule is CN(C(=O)Cc1ccc(Cl)c(Cl)c1)C(CN1CCCC1)c1ccc(NC(=O)CNC(=O)CNC(=O)CNC(=O)CNC(=S)Nc2ccc(-c3c4ccc(=O)cc-4oc4cc(O)ccc34)c(C(=O)O)c2)cc1. The largest absolute Gasteiger partial charge is 0.508 e. The molecule has 4 aromatic carbocycles. The number of nitrogens with one attached hydrogen (secondary N) is 6. The Balaban J connectivity index is 0.830. The maximum absolute atomic E-state index is 13.5.